The van der Waals surface area contributed by atoms with E-state index in [9.17, 15) is 9.59 Å². The minimum absolute atomic E-state index is 0.294. The monoisotopic (exact) mass is 184 g/mol. The van der Waals surface area contributed by atoms with E-state index >= 15 is 0 Å². The minimum atomic E-state index is -0.419. The Balaban J connectivity index is 2.97. The van der Waals surface area contributed by atoms with Crippen molar-refractivity contribution < 1.29 is 14.3 Å². The van der Waals surface area contributed by atoms with Gasteiger partial charge in [0.15, 0.2) is 0 Å². The smallest absolute Gasteiger partial charge is 0.337 e. The molecule has 0 aromatic rings. The lowest BCUT2D eigenvalue weighted by molar-refractivity contribution is -0.136. The van der Waals surface area contributed by atoms with Crippen LogP contribution in [-0.2, 0) is 9.53 Å². The number of esters is 1. The molecule has 1 aliphatic rings. The van der Waals surface area contributed by atoms with Crippen LogP contribution in [0.15, 0.2) is 11.3 Å². The van der Waals surface area contributed by atoms with Crippen LogP contribution in [0.2, 0.25) is 0 Å². The predicted octanol–water partition coefficient (Wildman–Crippen LogP) is 0.135. The van der Waals surface area contributed by atoms with Gasteiger partial charge in [-0.1, -0.05) is 0 Å². The topological polar surface area (TPSA) is 67.4 Å². The Kier molecular flexibility index (Phi) is 2.55. The number of allylic oxidation sites excluding steroid dienone is 1. The van der Waals surface area contributed by atoms with Crippen molar-refractivity contribution in [3.8, 4) is 0 Å². The summed E-state index contributed by atoms with van der Waals surface area (Å²) in [4.78, 5) is 22.2. The molecule has 0 saturated carbocycles. The summed E-state index contributed by atoms with van der Waals surface area (Å²) in [7, 11) is 1.31. The van der Waals surface area contributed by atoms with Crippen LogP contribution in [0, 0.1) is 0 Å². The first-order chi connectivity index (χ1) is 6.06. The Morgan fingerprint density at radius 2 is 2.15 bits per heavy atom. The first-order valence-electron chi connectivity index (χ1n) is 3.93. The second kappa shape index (κ2) is 3.47. The number of amides is 2. The Labute approximate surface area is 76.1 Å². The molecule has 0 bridgehead atoms. The number of ether oxygens (including phenoxy) is 1. The molecule has 1 aliphatic heterocycles. The van der Waals surface area contributed by atoms with E-state index in [1.165, 1.54) is 7.11 Å². The van der Waals surface area contributed by atoms with Gasteiger partial charge in [0.05, 0.1) is 18.7 Å². The van der Waals surface area contributed by atoms with Gasteiger partial charge in [-0.25, -0.2) is 9.59 Å². The van der Waals surface area contributed by atoms with Crippen molar-refractivity contribution in [3.05, 3.63) is 11.3 Å². The molecular formula is C8H12N2O3. The quantitative estimate of drug-likeness (QED) is 0.569. The number of hydrogen-bond acceptors (Lipinski definition) is 3. The van der Waals surface area contributed by atoms with Crippen LogP contribution in [0.5, 0.6) is 0 Å². The summed E-state index contributed by atoms with van der Waals surface area (Å²) in [5, 5.41) is 5.07. The summed E-state index contributed by atoms with van der Waals surface area (Å²) in [6.07, 6.45) is 0. The molecule has 5 nitrogen and oxygen atoms in total. The summed E-state index contributed by atoms with van der Waals surface area (Å²) in [5.74, 6) is -0.419. The average molecular weight is 184 g/mol. The van der Waals surface area contributed by atoms with Crippen LogP contribution in [0.4, 0.5) is 4.79 Å². The van der Waals surface area contributed by atoms with E-state index in [2.05, 4.69) is 15.4 Å². The zero-order valence-electron chi connectivity index (χ0n) is 7.80. The first kappa shape index (κ1) is 9.57. The van der Waals surface area contributed by atoms with E-state index in [1.807, 2.05) is 0 Å². The van der Waals surface area contributed by atoms with Crippen LogP contribution in [0.25, 0.3) is 0 Å². The third-order valence-corrected chi connectivity index (χ3v) is 1.89. The van der Waals surface area contributed by atoms with E-state index < -0.39 is 5.97 Å². The van der Waals surface area contributed by atoms with Crippen LogP contribution in [0.3, 0.4) is 0 Å². The Bertz CT molecular complexity index is 283. The van der Waals surface area contributed by atoms with E-state index in [4.69, 9.17) is 0 Å². The van der Waals surface area contributed by atoms with E-state index in [0.717, 1.165) is 0 Å². The second-order valence-corrected chi connectivity index (χ2v) is 2.85. The lowest BCUT2D eigenvalue weighted by atomic mass is 10.1. The van der Waals surface area contributed by atoms with Gasteiger partial charge in [0.25, 0.3) is 0 Å². The summed E-state index contributed by atoms with van der Waals surface area (Å²) < 4.78 is 4.58. The van der Waals surface area contributed by atoms with Gasteiger partial charge in [-0.05, 0) is 13.8 Å². The number of urea groups is 1. The molecule has 0 aromatic heterocycles. The highest BCUT2D eigenvalue weighted by Gasteiger charge is 2.26. The zero-order valence-corrected chi connectivity index (χ0v) is 7.80. The largest absolute Gasteiger partial charge is 0.466 e. The number of methoxy groups -OCH3 is 1. The molecule has 2 N–H and O–H groups in total. The molecule has 0 fully saturated rings. The van der Waals surface area contributed by atoms with Crippen molar-refractivity contribution in [2.75, 3.05) is 7.11 Å². The van der Waals surface area contributed by atoms with Crippen molar-refractivity contribution in [1.29, 1.82) is 0 Å². The molecule has 0 aliphatic carbocycles. The fraction of sp³-hybridized carbons (Fsp3) is 0.500. The molecule has 5 heteroatoms. The minimum Gasteiger partial charge on any atom is -0.466 e. The fourth-order valence-electron chi connectivity index (χ4n) is 1.31. The van der Waals surface area contributed by atoms with Gasteiger partial charge in [0.2, 0.25) is 0 Å². The van der Waals surface area contributed by atoms with E-state index in [1.54, 1.807) is 13.8 Å². The van der Waals surface area contributed by atoms with E-state index in [0.29, 0.717) is 11.3 Å². The number of carbonyl (C=O) groups excluding carboxylic acids is 2. The van der Waals surface area contributed by atoms with Gasteiger partial charge >= 0.3 is 12.0 Å². The molecular weight excluding hydrogens is 172 g/mol. The van der Waals surface area contributed by atoms with Crippen LogP contribution in [-0.4, -0.2) is 25.2 Å². The molecule has 0 spiro atoms. The Morgan fingerprint density at radius 1 is 1.54 bits per heavy atom. The van der Waals surface area contributed by atoms with Crippen LogP contribution >= 0.6 is 0 Å². The number of rotatable bonds is 1. The zero-order chi connectivity index (χ0) is 10.0. The van der Waals surface area contributed by atoms with E-state index in [-0.39, 0.29) is 12.1 Å². The maximum absolute atomic E-state index is 11.2. The van der Waals surface area contributed by atoms with Crippen molar-refractivity contribution in [2.45, 2.75) is 19.9 Å². The second-order valence-electron chi connectivity index (χ2n) is 2.85. The highest BCUT2D eigenvalue weighted by atomic mass is 16.5. The number of carbonyl (C=O) groups is 2. The molecule has 1 atom stereocenters. The fourth-order valence-corrected chi connectivity index (χ4v) is 1.31. The maximum Gasteiger partial charge on any atom is 0.337 e. The van der Waals surface area contributed by atoms with Crippen molar-refractivity contribution >= 4 is 12.0 Å². The number of hydrogen-bond donors (Lipinski definition) is 2. The highest BCUT2D eigenvalue weighted by molar-refractivity contribution is 5.94. The van der Waals surface area contributed by atoms with Gasteiger partial charge in [0.1, 0.15) is 0 Å². The molecule has 2 amide bonds. The van der Waals surface area contributed by atoms with Gasteiger partial charge in [-0.2, -0.15) is 0 Å². The Hall–Kier alpha value is -1.52. The van der Waals surface area contributed by atoms with Gasteiger partial charge in [-0.3, -0.25) is 0 Å². The molecule has 1 heterocycles. The predicted molar refractivity (Wildman–Crippen MR) is 45.8 cm³/mol. The highest BCUT2D eigenvalue weighted by Crippen LogP contribution is 2.12. The lowest BCUT2D eigenvalue weighted by Gasteiger charge is -2.24. The third-order valence-electron chi connectivity index (χ3n) is 1.89. The molecule has 1 rings (SSSR count). The average Bonchev–Trinajstić information content (AvgIpc) is 2.02. The van der Waals surface area contributed by atoms with Crippen molar-refractivity contribution in [3.63, 3.8) is 0 Å². The first-order valence-corrected chi connectivity index (χ1v) is 3.93. The normalized spacial score (nSPS) is 22.1. The van der Waals surface area contributed by atoms with Gasteiger partial charge in [0, 0.05) is 5.70 Å². The summed E-state index contributed by atoms with van der Waals surface area (Å²) >= 11 is 0. The lowest BCUT2D eigenvalue weighted by Crippen LogP contribution is -2.48. The Morgan fingerprint density at radius 3 is 2.62 bits per heavy atom. The van der Waals surface area contributed by atoms with Crippen LogP contribution in [0.1, 0.15) is 13.8 Å². The molecule has 72 valence electrons. The molecule has 13 heavy (non-hydrogen) atoms. The maximum atomic E-state index is 11.2. The SMILES string of the molecule is COC(=O)C1=C(C)NC(=O)NC1C. The summed E-state index contributed by atoms with van der Waals surface area (Å²) in [6, 6.07) is -0.598. The molecule has 0 radical (unpaired) electrons. The molecule has 1 unspecified atom stereocenters. The summed E-state index contributed by atoms with van der Waals surface area (Å²) in [6.45, 7) is 3.40. The van der Waals surface area contributed by atoms with Crippen molar-refractivity contribution in [2.24, 2.45) is 0 Å². The van der Waals surface area contributed by atoms with Gasteiger partial charge < -0.3 is 15.4 Å². The standard InChI is InChI=1S/C8H12N2O3/c1-4-6(7(11)13-3)5(2)10-8(12)9-4/h4H,1-3H3,(H2,9,10,12). The van der Waals surface area contributed by atoms with Crippen molar-refractivity contribution in [1.82, 2.24) is 10.6 Å². The molecule has 0 aromatic carbocycles. The number of nitrogens with one attached hydrogen (secondary N) is 2. The third kappa shape index (κ3) is 1.80. The van der Waals surface area contributed by atoms with Crippen LogP contribution < -0.4 is 10.6 Å². The summed E-state index contributed by atoms with van der Waals surface area (Å²) in [5.41, 5.74) is 1.00. The van der Waals surface area contributed by atoms with Gasteiger partial charge in [-0.15, -0.1) is 0 Å². The molecule has 0 saturated heterocycles.